The van der Waals surface area contributed by atoms with Crippen molar-refractivity contribution in [3.05, 3.63) is 76.9 Å². The normalized spacial score (nSPS) is 15.1. The SMILES string of the molecule is CCOc1cc([C@@H]2C(C(=O)OC)=C(C)N=c3s/c(=C\c4cc(OCC)c(OC)cc4Br)c(=O)n32)ccc1O. The number of phenols is 1. The van der Waals surface area contributed by atoms with Crippen LogP contribution in [-0.2, 0) is 9.53 Å². The second-order valence-corrected chi connectivity index (χ2v) is 10.1. The molecule has 2 aromatic carbocycles. The summed E-state index contributed by atoms with van der Waals surface area (Å²) in [4.78, 5) is 31.7. The van der Waals surface area contributed by atoms with Gasteiger partial charge in [0.25, 0.3) is 5.56 Å². The Morgan fingerprint density at radius 2 is 1.84 bits per heavy atom. The number of benzene rings is 2. The molecule has 1 N–H and O–H groups in total. The highest BCUT2D eigenvalue weighted by Gasteiger charge is 2.33. The standard InChI is InChI=1S/C27H27BrN2O7S/c1-6-36-19-10-15(8-9-18(19)31)24-23(26(33)35-5)14(3)29-27-30(24)25(32)22(38-27)12-16-11-21(37-7-2)20(34-4)13-17(16)28/h8-13,24,31H,6-7H2,1-5H3/b22-12-/t24-/m1/s1. The molecule has 9 nitrogen and oxygen atoms in total. The summed E-state index contributed by atoms with van der Waals surface area (Å²) >= 11 is 4.76. The Balaban J connectivity index is 1.96. The Bertz CT molecular complexity index is 1610. The minimum Gasteiger partial charge on any atom is -0.504 e. The number of carbonyl (C=O) groups excluding carboxylic acids is 1. The van der Waals surface area contributed by atoms with Crippen molar-refractivity contribution in [1.82, 2.24) is 4.57 Å². The average Bonchev–Trinajstić information content (AvgIpc) is 3.20. The van der Waals surface area contributed by atoms with Crippen LogP contribution in [0.3, 0.4) is 0 Å². The fourth-order valence-electron chi connectivity index (χ4n) is 4.21. The van der Waals surface area contributed by atoms with Crippen LogP contribution in [0.15, 0.2) is 55.9 Å². The van der Waals surface area contributed by atoms with Crippen LogP contribution >= 0.6 is 27.3 Å². The first-order valence-corrected chi connectivity index (χ1v) is 13.4. The Hall–Kier alpha value is -3.57. The molecule has 0 saturated heterocycles. The largest absolute Gasteiger partial charge is 0.504 e. The molecule has 0 unspecified atom stereocenters. The van der Waals surface area contributed by atoms with Crippen molar-refractivity contribution in [3.63, 3.8) is 0 Å². The van der Waals surface area contributed by atoms with E-state index in [2.05, 4.69) is 20.9 Å². The fraction of sp³-hybridized carbons (Fsp3) is 0.296. The first-order chi connectivity index (χ1) is 18.2. The Morgan fingerprint density at radius 3 is 2.50 bits per heavy atom. The monoisotopic (exact) mass is 602 g/mol. The number of aromatic hydroxyl groups is 1. The number of carbonyl (C=O) groups is 1. The van der Waals surface area contributed by atoms with Gasteiger partial charge in [-0.3, -0.25) is 9.36 Å². The zero-order chi connectivity index (χ0) is 27.6. The van der Waals surface area contributed by atoms with Crippen LogP contribution in [0.5, 0.6) is 23.0 Å². The van der Waals surface area contributed by atoms with Crippen molar-refractivity contribution in [2.75, 3.05) is 27.4 Å². The molecule has 0 fully saturated rings. The third-order valence-corrected chi connectivity index (χ3v) is 7.57. The maximum atomic E-state index is 13.8. The summed E-state index contributed by atoms with van der Waals surface area (Å²) in [6.45, 7) is 6.16. The lowest BCUT2D eigenvalue weighted by atomic mass is 9.95. The van der Waals surface area contributed by atoms with Crippen molar-refractivity contribution in [2.45, 2.75) is 26.8 Å². The van der Waals surface area contributed by atoms with E-state index in [1.807, 2.05) is 6.92 Å². The molecule has 0 spiro atoms. The van der Waals surface area contributed by atoms with Crippen LogP contribution in [0.25, 0.3) is 6.08 Å². The van der Waals surface area contributed by atoms with Gasteiger partial charge in [-0.05, 0) is 62.2 Å². The first kappa shape index (κ1) is 27.5. The van der Waals surface area contributed by atoms with Crippen molar-refractivity contribution in [3.8, 4) is 23.0 Å². The molecular formula is C27H27BrN2O7S. The lowest BCUT2D eigenvalue weighted by Crippen LogP contribution is -2.39. The number of hydrogen-bond donors (Lipinski definition) is 1. The van der Waals surface area contributed by atoms with E-state index in [1.54, 1.807) is 51.3 Å². The van der Waals surface area contributed by atoms with Crippen LogP contribution < -0.4 is 29.1 Å². The van der Waals surface area contributed by atoms with Gasteiger partial charge in [0.1, 0.15) is 0 Å². The molecule has 4 rings (SSSR count). The zero-order valence-corrected chi connectivity index (χ0v) is 23.9. The number of halogens is 1. The van der Waals surface area contributed by atoms with Gasteiger partial charge in [-0.25, -0.2) is 9.79 Å². The van der Waals surface area contributed by atoms with Gasteiger partial charge in [-0.2, -0.15) is 0 Å². The summed E-state index contributed by atoms with van der Waals surface area (Å²) in [5, 5.41) is 10.2. The number of aromatic nitrogens is 1. The highest BCUT2D eigenvalue weighted by atomic mass is 79.9. The van der Waals surface area contributed by atoms with E-state index in [4.69, 9.17) is 18.9 Å². The van der Waals surface area contributed by atoms with Gasteiger partial charge >= 0.3 is 5.97 Å². The highest BCUT2D eigenvalue weighted by molar-refractivity contribution is 9.10. The van der Waals surface area contributed by atoms with Crippen LogP contribution in [0, 0.1) is 0 Å². The minimum atomic E-state index is -0.834. The van der Waals surface area contributed by atoms with Crippen molar-refractivity contribution in [2.24, 2.45) is 4.99 Å². The molecule has 0 bridgehead atoms. The number of esters is 1. The lowest BCUT2D eigenvalue weighted by Gasteiger charge is -2.24. The lowest BCUT2D eigenvalue weighted by molar-refractivity contribution is -0.136. The highest BCUT2D eigenvalue weighted by Crippen LogP contribution is 2.36. The van der Waals surface area contributed by atoms with Crippen LogP contribution in [0.1, 0.15) is 37.9 Å². The van der Waals surface area contributed by atoms with Gasteiger partial charge in [0.2, 0.25) is 0 Å². The van der Waals surface area contributed by atoms with Crippen molar-refractivity contribution >= 4 is 39.3 Å². The number of phenolic OH excluding ortho intramolecular Hbond substituents is 1. The predicted octanol–water partition coefficient (Wildman–Crippen LogP) is 3.68. The summed E-state index contributed by atoms with van der Waals surface area (Å²) in [5.41, 5.74) is 1.61. The quantitative estimate of drug-likeness (QED) is 0.392. The molecule has 11 heteroatoms. The number of nitrogens with zero attached hydrogens (tertiary/aromatic N) is 2. The number of ether oxygens (including phenoxy) is 4. The second-order valence-electron chi connectivity index (χ2n) is 8.19. The fourth-order valence-corrected chi connectivity index (χ4v) is 5.68. The van der Waals surface area contributed by atoms with Crippen LogP contribution in [0.4, 0.5) is 0 Å². The summed E-state index contributed by atoms with van der Waals surface area (Å²) in [6, 6.07) is 7.49. The topological polar surface area (TPSA) is 109 Å². The summed E-state index contributed by atoms with van der Waals surface area (Å²) < 4.78 is 24.3. The van der Waals surface area contributed by atoms with Gasteiger partial charge in [-0.15, -0.1) is 0 Å². The maximum Gasteiger partial charge on any atom is 0.338 e. The summed E-state index contributed by atoms with van der Waals surface area (Å²) in [5.74, 6) is 0.713. The second kappa shape index (κ2) is 11.4. The Labute approximate surface area is 231 Å². The van der Waals surface area contributed by atoms with Crippen LogP contribution in [0.2, 0.25) is 0 Å². The maximum absolute atomic E-state index is 13.8. The first-order valence-electron chi connectivity index (χ1n) is 11.8. The molecule has 38 heavy (non-hydrogen) atoms. The van der Waals surface area contributed by atoms with Gasteiger partial charge in [0.15, 0.2) is 27.8 Å². The molecule has 1 atom stereocenters. The average molecular weight is 603 g/mol. The van der Waals surface area contributed by atoms with Crippen molar-refractivity contribution in [1.29, 1.82) is 0 Å². The third-order valence-electron chi connectivity index (χ3n) is 5.90. The molecular weight excluding hydrogens is 576 g/mol. The number of methoxy groups -OCH3 is 2. The molecule has 0 amide bonds. The van der Waals surface area contributed by atoms with E-state index in [0.717, 1.165) is 0 Å². The smallest absolute Gasteiger partial charge is 0.338 e. The van der Waals surface area contributed by atoms with Gasteiger partial charge < -0.3 is 24.1 Å². The van der Waals surface area contributed by atoms with E-state index in [9.17, 15) is 14.7 Å². The van der Waals surface area contributed by atoms with E-state index in [1.165, 1.54) is 29.1 Å². The number of fused-ring (bicyclic) bond motifs is 1. The summed E-state index contributed by atoms with van der Waals surface area (Å²) in [7, 11) is 2.84. The molecule has 1 aromatic heterocycles. The molecule has 0 radical (unpaired) electrons. The Kier molecular flexibility index (Phi) is 8.27. The van der Waals surface area contributed by atoms with Gasteiger partial charge in [0, 0.05) is 4.47 Å². The van der Waals surface area contributed by atoms with Gasteiger partial charge in [-0.1, -0.05) is 33.3 Å². The van der Waals surface area contributed by atoms with E-state index >= 15 is 0 Å². The summed E-state index contributed by atoms with van der Waals surface area (Å²) in [6.07, 6.45) is 1.74. The zero-order valence-electron chi connectivity index (χ0n) is 21.5. The number of rotatable bonds is 8. The van der Waals surface area contributed by atoms with Crippen LogP contribution in [-0.4, -0.2) is 43.1 Å². The third kappa shape index (κ3) is 5.08. The molecule has 200 valence electrons. The predicted molar refractivity (Wildman–Crippen MR) is 147 cm³/mol. The molecule has 2 heterocycles. The molecule has 1 aliphatic rings. The molecule has 0 aliphatic carbocycles. The molecule has 3 aromatic rings. The number of allylic oxidation sites excluding steroid dienone is 1. The van der Waals surface area contributed by atoms with E-state index in [-0.39, 0.29) is 22.6 Å². The van der Waals surface area contributed by atoms with Gasteiger partial charge in [0.05, 0.1) is 49.3 Å². The number of hydrogen-bond acceptors (Lipinski definition) is 9. The van der Waals surface area contributed by atoms with E-state index in [0.29, 0.717) is 55.3 Å². The molecule has 0 saturated carbocycles. The Morgan fingerprint density at radius 1 is 1.13 bits per heavy atom. The minimum absolute atomic E-state index is 0.0437. The molecule has 1 aliphatic heterocycles. The van der Waals surface area contributed by atoms with E-state index < -0.39 is 12.0 Å². The van der Waals surface area contributed by atoms with Crippen molar-refractivity contribution < 1.29 is 28.8 Å². The number of thiazole rings is 1.